The standard InChI is InChI=1S/C14H20F2N2/c1-3-12-9-18(10(2)7-17-12)8-11-5-4-6-13(15)14(11)16/h4-6,10,12,17H,3,7-9H2,1-2H3. The first kappa shape index (κ1) is 13.4. The van der Waals surface area contributed by atoms with Crippen molar-refractivity contribution < 1.29 is 8.78 Å². The van der Waals surface area contributed by atoms with Crippen molar-refractivity contribution in [1.82, 2.24) is 10.2 Å². The highest BCUT2D eigenvalue weighted by atomic mass is 19.2. The van der Waals surface area contributed by atoms with Gasteiger partial charge in [0.2, 0.25) is 0 Å². The zero-order chi connectivity index (χ0) is 13.1. The zero-order valence-corrected chi connectivity index (χ0v) is 10.9. The van der Waals surface area contributed by atoms with E-state index in [1.165, 1.54) is 0 Å². The predicted molar refractivity (Wildman–Crippen MR) is 68.3 cm³/mol. The van der Waals surface area contributed by atoms with Crippen molar-refractivity contribution in [2.24, 2.45) is 0 Å². The molecule has 100 valence electrons. The van der Waals surface area contributed by atoms with E-state index >= 15 is 0 Å². The van der Waals surface area contributed by atoms with Gasteiger partial charge in [0.1, 0.15) is 0 Å². The van der Waals surface area contributed by atoms with Crippen molar-refractivity contribution in [2.45, 2.75) is 38.9 Å². The Kier molecular flexibility index (Phi) is 4.30. The van der Waals surface area contributed by atoms with Gasteiger partial charge < -0.3 is 5.32 Å². The van der Waals surface area contributed by atoms with Crippen molar-refractivity contribution in [1.29, 1.82) is 0 Å². The lowest BCUT2D eigenvalue weighted by molar-refractivity contribution is 0.130. The van der Waals surface area contributed by atoms with Crippen LogP contribution in [-0.4, -0.2) is 30.1 Å². The summed E-state index contributed by atoms with van der Waals surface area (Å²) >= 11 is 0. The van der Waals surface area contributed by atoms with Gasteiger partial charge in [-0.05, 0) is 19.4 Å². The van der Waals surface area contributed by atoms with Gasteiger partial charge in [-0.3, -0.25) is 4.90 Å². The van der Waals surface area contributed by atoms with Crippen LogP contribution in [0.15, 0.2) is 18.2 Å². The monoisotopic (exact) mass is 254 g/mol. The molecule has 1 heterocycles. The average molecular weight is 254 g/mol. The third kappa shape index (κ3) is 2.87. The van der Waals surface area contributed by atoms with E-state index in [1.807, 2.05) is 0 Å². The van der Waals surface area contributed by atoms with Gasteiger partial charge in [0.05, 0.1) is 0 Å². The molecule has 0 aromatic heterocycles. The minimum Gasteiger partial charge on any atom is -0.311 e. The Bertz CT molecular complexity index is 409. The highest BCUT2D eigenvalue weighted by molar-refractivity contribution is 5.19. The molecule has 1 aliphatic heterocycles. The van der Waals surface area contributed by atoms with Gasteiger partial charge in [0, 0.05) is 37.3 Å². The Balaban J connectivity index is 2.09. The van der Waals surface area contributed by atoms with Gasteiger partial charge in [-0.25, -0.2) is 8.78 Å². The molecule has 1 aliphatic rings. The maximum absolute atomic E-state index is 13.6. The molecular weight excluding hydrogens is 234 g/mol. The first-order valence-corrected chi connectivity index (χ1v) is 6.52. The van der Waals surface area contributed by atoms with Crippen LogP contribution in [0, 0.1) is 11.6 Å². The van der Waals surface area contributed by atoms with Gasteiger partial charge in [0.25, 0.3) is 0 Å². The van der Waals surface area contributed by atoms with Crippen molar-refractivity contribution in [3.63, 3.8) is 0 Å². The molecule has 1 N–H and O–H groups in total. The molecule has 1 saturated heterocycles. The fraction of sp³-hybridized carbons (Fsp3) is 0.571. The molecule has 1 fully saturated rings. The summed E-state index contributed by atoms with van der Waals surface area (Å²) < 4.78 is 26.8. The fourth-order valence-electron chi connectivity index (χ4n) is 2.38. The number of nitrogens with one attached hydrogen (secondary N) is 1. The normalized spacial score (nSPS) is 25.3. The van der Waals surface area contributed by atoms with E-state index in [2.05, 4.69) is 24.1 Å². The van der Waals surface area contributed by atoms with E-state index in [0.717, 1.165) is 25.6 Å². The summed E-state index contributed by atoms with van der Waals surface area (Å²) in [5.41, 5.74) is 0.443. The molecule has 0 aliphatic carbocycles. The Morgan fingerprint density at radius 1 is 1.39 bits per heavy atom. The second kappa shape index (κ2) is 5.76. The number of benzene rings is 1. The molecular formula is C14H20F2N2. The number of hydrogen-bond acceptors (Lipinski definition) is 2. The van der Waals surface area contributed by atoms with Crippen LogP contribution in [0.5, 0.6) is 0 Å². The van der Waals surface area contributed by atoms with Crippen molar-refractivity contribution >= 4 is 0 Å². The summed E-state index contributed by atoms with van der Waals surface area (Å²) in [6.45, 7) is 6.50. The molecule has 0 radical (unpaired) electrons. The molecule has 2 rings (SSSR count). The fourth-order valence-corrected chi connectivity index (χ4v) is 2.38. The van der Waals surface area contributed by atoms with Crippen molar-refractivity contribution in [3.05, 3.63) is 35.4 Å². The molecule has 2 unspecified atom stereocenters. The highest BCUT2D eigenvalue weighted by Gasteiger charge is 2.24. The Labute approximate surface area is 107 Å². The lowest BCUT2D eigenvalue weighted by Crippen LogP contribution is -2.54. The molecule has 2 atom stereocenters. The summed E-state index contributed by atoms with van der Waals surface area (Å²) in [5.74, 6) is -1.47. The third-order valence-electron chi connectivity index (χ3n) is 3.68. The quantitative estimate of drug-likeness (QED) is 0.891. The van der Waals surface area contributed by atoms with Crippen LogP contribution in [0.2, 0.25) is 0 Å². The summed E-state index contributed by atoms with van der Waals surface area (Å²) in [4.78, 5) is 2.21. The van der Waals surface area contributed by atoms with Gasteiger partial charge in [-0.1, -0.05) is 19.1 Å². The van der Waals surface area contributed by atoms with Gasteiger partial charge >= 0.3 is 0 Å². The van der Waals surface area contributed by atoms with Crippen LogP contribution in [0.25, 0.3) is 0 Å². The first-order valence-electron chi connectivity index (χ1n) is 6.52. The topological polar surface area (TPSA) is 15.3 Å². The van der Waals surface area contributed by atoms with Gasteiger partial charge in [-0.15, -0.1) is 0 Å². The van der Waals surface area contributed by atoms with Crippen LogP contribution in [-0.2, 0) is 6.54 Å². The van der Waals surface area contributed by atoms with E-state index in [4.69, 9.17) is 0 Å². The molecule has 0 saturated carbocycles. The van der Waals surface area contributed by atoms with Crippen LogP contribution in [0.3, 0.4) is 0 Å². The van der Waals surface area contributed by atoms with E-state index in [9.17, 15) is 8.78 Å². The maximum Gasteiger partial charge on any atom is 0.163 e. The zero-order valence-electron chi connectivity index (χ0n) is 10.9. The SMILES string of the molecule is CCC1CN(Cc2cccc(F)c2F)C(C)CN1. The van der Waals surface area contributed by atoms with Crippen molar-refractivity contribution in [2.75, 3.05) is 13.1 Å². The second-order valence-corrected chi connectivity index (χ2v) is 5.00. The largest absolute Gasteiger partial charge is 0.311 e. The molecule has 0 spiro atoms. The van der Waals surface area contributed by atoms with Gasteiger partial charge in [-0.2, -0.15) is 0 Å². The van der Waals surface area contributed by atoms with Crippen LogP contribution < -0.4 is 5.32 Å². The number of rotatable bonds is 3. The number of nitrogens with zero attached hydrogens (tertiary/aromatic N) is 1. The van der Waals surface area contributed by atoms with Crippen molar-refractivity contribution in [3.8, 4) is 0 Å². The van der Waals surface area contributed by atoms with E-state index in [1.54, 1.807) is 12.1 Å². The Morgan fingerprint density at radius 3 is 2.89 bits per heavy atom. The smallest absolute Gasteiger partial charge is 0.163 e. The number of hydrogen-bond donors (Lipinski definition) is 1. The summed E-state index contributed by atoms with van der Waals surface area (Å²) in [6.07, 6.45) is 1.05. The molecule has 0 bridgehead atoms. The molecule has 0 amide bonds. The molecule has 18 heavy (non-hydrogen) atoms. The van der Waals surface area contributed by atoms with E-state index < -0.39 is 11.6 Å². The maximum atomic E-state index is 13.6. The van der Waals surface area contributed by atoms with E-state index in [-0.39, 0.29) is 0 Å². The lowest BCUT2D eigenvalue weighted by atomic mass is 10.1. The number of halogens is 2. The second-order valence-electron chi connectivity index (χ2n) is 5.00. The van der Waals surface area contributed by atoms with E-state index in [0.29, 0.717) is 24.2 Å². The Hall–Kier alpha value is -1.00. The van der Waals surface area contributed by atoms with Crippen LogP contribution in [0.1, 0.15) is 25.8 Å². The summed E-state index contributed by atoms with van der Waals surface area (Å²) in [5, 5.41) is 3.45. The minimum absolute atomic E-state index is 0.343. The Morgan fingerprint density at radius 2 is 2.17 bits per heavy atom. The summed E-state index contributed by atoms with van der Waals surface area (Å²) in [6, 6.07) is 5.18. The predicted octanol–water partition coefficient (Wildman–Crippen LogP) is 2.54. The average Bonchev–Trinajstić information content (AvgIpc) is 2.37. The molecule has 4 heteroatoms. The lowest BCUT2D eigenvalue weighted by Gasteiger charge is -2.38. The number of piperazine rings is 1. The molecule has 1 aromatic carbocycles. The first-order chi connectivity index (χ1) is 8.61. The molecule has 2 nitrogen and oxygen atoms in total. The minimum atomic E-state index is -0.762. The summed E-state index contributed by atoms with van der Waals surface area (Å²) in [7, 11) is 0. The van der Waals surface area contributed by atoms with Crippen LogP contribution >= 0.6 is 0 Å². The van der Waals surface area contributed by atoms with Gasteiger partial charge in [0.15, 0.2) is 11.6 Å². The highest BCUT2D eigenvalue weighted by Crippen LogP contribution is 2.17. The molecule has 1 aromatic rings. The van der Waals surface area contributed by atoms with Crippen LogP contribution in [0.4, 0.5) is 8.78 Å². The third-order valence-corrected chi connectivity index (χ3v) is 3.68.